The van der Waals surface area contributed by atoms with Crippen LogP contribution in [0.4, 0.5) is 4.39 Å². The first-order valence-electron chi connectivity index (χ1n) is 7.12. The molecule has 0 aliphatic rings. The zero-order valence-corrected chi connectivity index (χ0v) is 14.2. The van der Waals surface area contributed by atoms with Crippen molar-refractivity contribution < 1.29 is 12.8 Å². The molecule has 1 aromatic rings. The summed E-state index contributed by atoms with van der Waals surface area (Å²) in [5.74, 6) is -0.414. The topological polar surface area (TPSA) is 49.4 Å². The third-order valence-corrected chi connectivity index (χ3v) is 5.32. The minimum absolute atomic E-state index is 0.182. The Morgan fingerprint density at radius 3 is 2.24 bits per heavy atom. The molecule has 1 aromatic carbocycles. The normalized spacial score (nSPS) is 12.4. The van der Waals surface area contributed by atoms with E-state index in [2.05, 4.69) is 23.5 Å². The van der Waals surface area contributed by atoms with Crippen molar-refractivity contribution in [1.29, 1.82) is 0 Å². The molecule has 120 valence electrons. The summed E-state index contributed by atoms with van der Waals surface area (Å²) in [5.41, 5.74) is 0.860. The standard InChI is InChI=1S/C15H25FN2O2S/c1-11(2)18(5)8-6-7-17-21(19,20)15-12(3)9-14(16)10-13(15)4/h9-11,17H,6-8H2,1-5H3. The fraction of sp³-hybridized carbons (Fsp3) is 0.600. The number of nitrogens with one attached hydrogen (secondary N) is 1. The van der Waals surface area contributed by atoms with Gasteiger partial charge < -0.3 is 4.90 Å². The maximum absolute atomic E-state index is 13.2. The van der Waals surface area contributed by atoms with Gasteiger partial charge in [-0.15, -0.1) is 0 Å². The third-order valence-electron chi connectivity index (χ3n) is 3.56. The van der Waals surface area contributed by atoms with Crippen LogP contribution in [0.15, 0.2) is 17.0 Å². The molecule has 0 bridgehead atoms. The second-order valence-corrected chi connectivity index (χ2v) is 7.40. The lowest BCUT2D eigenvalue weighted by Crippen LogP contribution is -2.31. The van der Waals surface area contributed by atoms with Gasteiger partial charge in [-0.05, 0) is 71.0 Å². The van der Waals surface area contributed by atoms with Crippen LogP contribution in [0.2, 0.25) is 0 Å². The van der Waals surface area contributed by atoms with Crippen molar-refractivity contribution in [3.05, 3.63) is 29.1 Å². The maximum Gasteiger partial charge on any atom is 0.241 e. The summed E-state index contributed by atoms with van der Waals surface area (Å²) in [5, 5.41) is 0. The minimum atomic E-state index is -3.59. The molecule has 0 aliphatic heterocycles. The molecule has 0 atom stereocenters. The average Bonchev–Trinajstić information content (AvgIpc) is 2.32. The van der Waals surface area contributed by atoms with E-state index in [1.807, 2.05) is 7.05 Å². The lowest BCUT2D eigenvalue weighted by molar-refractivity contribution is 0.271. The number of nitrogens with zero attached hydrogens (tertiary/aromatic N) is 1. The van der Waals surface area contributed by atoms with Crippen molar-refractivity contribution >= 4 is 10.0 Å². The summed E-state index contributed by atoms with van der Waals surface area (Å²) in [4.78, 5) is 2.34. The highest BCUT2D eigenvalue weighted by atomic mass is 32.2. The third kappa shape index (κ3) is 5.05. The number of rotatable bonds is 7. The lowest BCUT2D eigenvalue weighted by Gasteiger charge is -2.20. The quantitative estimate of drug-likeness (QED) is 0.786. The van der Waals surface area contributed by atoms with Crippen molar-refractivity contribution in [2.24, 2.45) is 0 Å². The highest BCUT2D eigenvalue weighted by Gasteiger charge is 2.19. The van der Waals surface area contributed by atoms with Gasteiger partial charge >= 0.3 is 0 Å². The van der Waals surface area contributed by atoms with Crippen LogP contribution in [0, 0.1) is 19.7 Å². The summed E-state index contributed by atoms with van der Waals surface area (Å²) in [6.07, 6.45) is 0.729. The molecule has 21 heavy (non-hydrogen) atoms. The van der Waals surface area contributed by atoms with Crippen molar-refractivity contribution in [2.75, 3.05) is 20.1 Å². The minimum Gasteiger partial charge on any atom is -0.304 e. The van der Waals surface area contributed by atoms with Gasteiger partial charge in [0.25, 0.3) is 0 Å². The molecule has 0 saturated carbocycles. The Bertz CT molecular complexity index is 562. The van der Waals surface area contributed by atoms with Crippen molar-refractivity contribution in [1.82, 2.24) is 9.62 Å². The monoisotopic (exact) mass is 316 g/mol. The summed E-state index contributed by atoms with van der Waals surface area (Å²) >= 11 is 0. The highest BCUT2D eigenvalue weighted by Crippen LogP contribution is 2.21. The molecule has 6 heteroatoms. The molecule has 0 radical (unpaired) electrons. The second kappa shape index (κ2) is 7.33. The zero-order valence-electron chi connectivity index (χ0n) is 13.4. The van der Waals surface area contributed by atoms with E-state index < -0.39 is 15.8 Å². The van der Waals surface area contributed by atoms with Crippen molar-refractivity contribution in [3.63, 3.8) is 0 Å². The molecule has 0 heterocycles. The van der Waals surface area contributed by atoms with E-state index in [4.69, 9.17) is 0 Å². The average molecular weight is 316 g/mol. The predicted molar refractivity (Wildman–Crippen MR) is 83.4 cm³/mol. The van der Waals surface area contributed by atoms with Gasteiger partial charge in [0.1, 0.15) is 5.82 Å². The van der Waals surface area contributed by atoms with Gasteiger partial charge in [0.2, 0.25) is 10.0 Å². The maximum atomic E-state index is 13.2. The van der Waals surface area contributed by atoms with Gasteiger partial charge in [-0.1, -0.05) is 0 Å². The van der Waals surface area contributed by atoms with E-state index >= 15 is 0 Å². The van der Waals surface area contributed by atoms with Gasteiger partial charge in [-0.25, -0.2) is 17.5 Å². The van der Waals surface area contributed by atoms with E-state index in [1.54, 1.807) is 13.8 Å². The van der Waals surface area contributed by atoms with Gasteiger partial charge in [-0.3, -0.25) is 0 Å². The van der Waals surface area contributed by atoms with Gasteiger partial charge in [0.15, 0.2) is 0 Å². The summed E-state index contributed by atoms with van der Waals surface area (Å²) in [7, 11) is -1.58. The Hall–Kier alpha value is -0.980. The van der Waals surface area contributed by atoms with Crippen LogP contribution < -0.4 is 4.72 Å². The second-order valence-electron chi connectivity index (χ2n) is 5.69. The molecular formula is C15H25FN2O2S. The van der Waals surface area contributed by atoms with Gasteiger partial charge in [0, 0.05) is 12.6 Å². The van der Waals surface area contributed by atoms with Crippen LogP contribution in [0.5, 0.6) is 0 Å². The van der Waals surface area contributed by atoms with Crippen LogP contribution in [-0.2, 0) is 10.0 Å². The first-order valence-corrected chi connectivity index (χ1v) is 8.60. The predicted octanol–water partition coefficient (Wildman–Crippen LogP) is 2.45. The van der Waals surface area contributed by atoms with Gasteiger partial charge in [0.05, 0.1) is 4.90 Å². The smallest absolute Gasteiger partial charge is 0.241 e. The van der Waals surface area contributed by atoms with Crippen LogP contribution in [0.25, 0.3) is 0 Å². The fourth-order valence-electron chi connectivity index (χ4n) is 2.19. The molecule has 0 fully saturated rings. The van der Waals surface area contributed by atoms with Crippen molar-refractivity contribution in [2.45, 2.75) is 45.1 Å². The van der Waals surface area contributed by atoms with Gasteiger partial charge in [-0.2, -0.15) is 0 Å². The molecule has 4 nitrogen and oxygen atoms in total. The Morgan fingerprint density at radius 2 is 1.76 bits per heavy atom. The molecule has 0 aromatic heterocycles. The van der Waals surface area contributed by atoms with Crippen molar-refractivity contribution in [3.8, 4) is 0 Å². The Labute approximate surface area is 127 Å². The number of halogens is 1. The largest absolute Gasteiger partial charge is 0.304 e. The number of hydrogen-bond donors (Lipinski definition) is 1. The number of sulfonamides is 1. The molecular weight excluding hydrogens is 291 g/mol. The van der Waals surface area contributed by atoms with Crippen LogP contribution >= 0.6 is 0 Å². The first-order chi connectivity index (χ1) is 9.65. The summed E-state index contributed by atoms with van der Waals surface area (Å²) in [6, 6.07) is 2.92. The molecule has 1 rings (SSSR count). The number of benzene rings is 1. The van der Waals surface area contributed by atoms with E-state index in [1.165, 1.54) is 12.1 Å². The molecule has 0 saturated heterocycles. The lowest BCUT2D eigenvalue weighted by atomic mass is 10.1. The summed E-state index contributed by atoms with van der Waals surface area (Å²) in [6.45, 7) is 8.59. The van der Waals surface area contributed by atoms with Crippen LogP contribution in [-0.4, -0.2) is 39.5 Å². The van der Waals surface area contributed by atoms with E-state index in [0.29, 0.717) is 23.7 Å². The number of hydrogen-bond acceptors (Lipinski definition) is 3. The molecule has 0 unspecified atom stereocenters. The molecule has 1 N–H and O–H groups in total. The molecule has 0 spiro atoms. The Morgan fingerprint density at radius 1 is 1.24 bits per heavy atom. The van der Waals surface area contributed by atoms with E-state index in [-0.39, 0.29) is 4.90 Å². The van der Waals surface area contributed by atoms with Crippen LogP contribution in [0.1, 0.15) is 31.4 Å². The number of aryl methyl sites for hydroxylation is 2. The Kier molecular flexibility index (Phi) is 6.31. The highest BCUT2D eigenvalue weighted by molar-refractivity contribution is 7.89. The SMILES string of the molecule is Cc1cc(F)cc(C)c1S(=O)(=O)NCCCN(C)C(C)C. The zero-order chi connectivity index (χ0) is 16.2. The fourth-order valence-corrected chi connectivity index (χ4v) is 3.71. The van der Waals surface area contributed by atoms with E-state index in [0.717, 1.165) is 13.0 Å². The first kappa shape index (κ1) is 18.1. The molecule has 0 amide bonds. The Balaban J connectivity index is 2.71. The summed E-state index contributed by atoms with van der Waals surface area (Å²) < 4.78 is 40.5. The van der Waals surface area contributed by atoms with E-state index in [9.17, 15) is 12.8 Å². The molecule has 0 aliphatic carbocycles. The van der Waals surface area contributed by atoms with Crippen LogP contribution in [0.3, 0.4) is 0 Å².